The van der Waals surface area contributed by atoms with E-state index >= 15 is 0 Å². The minimum atomic E-state index is -0.786. The number of nitrogens with zero attached hydrogens (tertiary/aromatic N) is 2. The second-order valence-corrected chi connectivity index (χ2v) is 8.94. The molecule has 3 aromatic carbocycles. The second kappa shape index (κ2) is 9.72. The number of hydrogen-bond donors (Lipinski definition) is 2. The van der Waals surface area contributed by atoms with Crippen molar-refractivity contribution in [1.82, 2.24) is 9.88 Å². The zero-order chi connectivity index (χ0) is 24.3. The monoisotopic (exact) mass is 471 g/mol. The highest BCUT2D eigenvalue weighted by Crippen LogP contribution is 2.28. The van der Waals surface area contributed by atoms with Crippen LogP contribution >= 0.6 is 0 Å². The molecule has 1 saturated heterocycles. The van der Waals surface area contributed by atoms with Gasteiger partial charge in [0.2, 0.25) is 0 Å². The number of pyridine rings is 1. The third-order valence-electron chi connectivity index (χ3n) is 6.41. The molecule has 2 heterocycles. The molecule has 0 atom stereocenters. The van der Waals surface area contributed by atoms with Gasteiger partial charge in [0, 0.05) is 30.5 Å². The van der Waals surface area contributed by atoms with Crippen molar-refractivity contribution >= 4 is 22.5 Å². The van der Waals surface area contributed by atoms with Gasteiger partial charge < -0.3 is 14.8 Å². The zero-order valence-electron chi connectivity index (χ0n) is 19.2. The van der Waals surface area contributed by atoms with Crippen molar-refractivity contribution in [3.63, 3.8) is 0 Å². The Kier molecular flexibility index (Phi) is 6.33. The standard InChI is InChI=1S/C28H26FN3O3/c29-23-17-22-7-4-8-25(26(22)30-19-23)35-31-24-11-9-21(10-12-24)27(33)32-15-13-28(34,14-16-32)18-20-5-2-1-3-6-20/h1-12,17,19,31,34H,13-16,18H2. The smallest absolute Gasteiger partial charge is 0.253 e. The maximum atomic E-state index is 13.4. The first-order valence-electron chi connectivity index (χ1n) is 11.6. The molecular weight excluding hydrogens is 445 g/mol. The summed E-state index contributed by atoms with van der Waals surface area (Å²) >= 11 is 0. The van der Waals surface area contributed by atoms with Gasteiger partial charge in [0.1, 0.15) is 11.3 Å². The number of piperidine rings is 1. The lowest BCUT2D eigenvalue weighted by molar-refractivity contribution is -0.0162. The average molecular weight is 472 g/mol. The molecule has 1 aliphatic heterocycles. The van der Waals surface area contributed by atoms with E-state index in [0.29, 0.717) is 60.3 Å². The molecule has 0 unspecified atom stereocenters. The van der Waals surface area contributed by atoms with E-state index in [-0.39, 0.29) is 5.91 Å². The van der Waals surface area contributed by atoms with Crippen LogP contribution in [0.3, 0.4) is 0 Å². The third kappa shape index (κ3) is 5.25. The molecule has 5 rings (SSSR count). The number of amides is 1. The number of aromatic nitrogens is 1. The number of halogens is 1. The number of carbonyl (C=O) groups excluding carboxylic acids is 1. The van der Waals surface area contributed by atoms with Crippen molar-refractivity contribution in [2.24, 2.45) is 0 Å². The number of aliphatic hydroxyl groups is 1. The number of nitrogens with one attached hydrogen (secondary N) is 1. The summed E-state index contributed by atoms with van der Waals surface area (Å²) < 4.78 is 13.4. The van der Waals surface area contributed by atoms with E-state index in [9.17, 15) is 14.3 Å². The lowest BCUT2D eigenvalue weighted by Gasteiger charge is -2.38. The minimum absolute atomic E-state index is 0.0560. The van der Waals surface area contributed by atoms with Gasteiger partial charge in [-0.25, -0.2) is 14.9 Å². The van der Waals surface area contributed by atoms with Crippen LogP contribution in [-0.2, 0) is 6.42 Å². The molecule has 7 heteroatoms. The normalized spacial score (nSPS) is 15.1. The Morgan fingerprint density at radius 1 is 1.03 bits per heavy atom. The van der Waals surface area contributed by atoms with E-state index in [1.807, 2.05) is 30.3 Å². The summed E-state index contributed by atoms with van der Waals surface area (Å²) in [5.74, 6) is 0.0101. The summed E-state index contributed by atoms with van der Waals surface area (Å²) in [5, 5.41) is 11.6. The summed E-state index contributed by atoms with van der Waals surface area (Å²) in [5.41, 5.74) is 4.96. The number of carbonyl (C=O) groups is 1. The maximum absolute atomic E-state index is 13.4. The fourth-order valence-electron chi connectivity index (χ4n) is 4.44. The highest BCUT2D eigenvalue weighted by Gasteiger charge is 2.34. The van der Waals surface area contributed by atoms with Crippen LogP contribution in [0.5, 0.6) is 5.75 Å². The molecule has 0 spiro atoms. The van der Waals surface area contributed by atoms with Crippen LogP contribution < -0.4 is 10.3 Å². The number of likely N-dealkylation sites (tertiary alicyclic amines) is 1. The fourth-order valence-corrected chi connectivity index (χ4v) is 4.44. The molecule has 0 bridgehead atoms. The predicted molar refractivity (Wildman–Crippen MR) is 133 cm³/mol. The number of para-hydroxylation sites is 1. The number of anilines is 1. The van der Waals surface area contributed by atoms with E-state index in [4.69, 9.17) is 4.84 Å². The van der Waals surface area contributed by atoms with E-state index in [1.165, 1.54) is 6.07 Å². The van der Waals surface area contributed by atoms with Crippen LogP contribution in [-0.4, -0.2) is 39.6 Å². The number of fused-ring (bicyclic) bond motifs is 1. The minimum Gasteiger partial charge on any atom is -0.389 e. The van der Waals surface area contributed by atoms with Gasteiger partial charge in [-0.3, -0.25) is 4.79 Å². The largest absolute Gasteiger partial charge is 0.389 e. The first kappa shape index (κ1) is 22.8. The van der Waals surface area contributed by atoms with Crippen LogP contribution in [0.15, 0.2) is 85.1 Å². The van der Waals surface area contributed by atoms with Crippen molar-refractivity contribution < 1.29 is 19.1 Å². The second-order valence-electron chi connectivity index (χ2n) is 8.94. The first-order chi connectivity index (χ1) is 17.0. The molecule has 1 fully saturated rings. The van der Waals surface area contributed by atoms with E-state index < -0.39 is 11.4 Å². The Bertz CT molecular complexity index is 1320. The molecule has 0 radical (unpaired) electrons. The Labute approximate surface area is 202 Å². The Morgan fingerprint density at radius 2 is 1.77 bits per heavy atom. The van der Waals surface area contributed by atoms with Crippen molar-refractivity contribution in [2.75, 3.05) is 18.6 Å². The number of rotatable bonds is 6. The third-order valence-corrected chi connectivity index (χ3v) is 6.41. The van der Waals surface area contributed by atoms with Gasteiger partial charge in [0.25, 0.3) is 5.91 Å². The molecule has 1 amide bonds. The van der Waals surface area contributed by atoms with Crippen LogP contribution in [0, 0.1) is 5.82 Å². The van der Waals surface area contributed by atoms with Gasteiger partial charge in [0.15, 0.2) is 5.75 Å². The molecule has 35 heavy (non-hydrogen) atoms. The summed E-state index contributed by atoms with van der Waals surface area (Å²) in [4.78, 5) is 24.6. The summed E-state index contributed by atoms with van der Waals surface area (Å²) in [6, 6.07) is 23.6. The number of benzene rings is 3. The summed E-state index contributed by atoms with van der Waals surface area (Å²) in [6.07, 6.45) is 2.84. The fraction of sp³-hybridized carbons (Fsp3) is 0.214. The first-order valence-corrected chi connectivity index (χ1v) is 11.6. The van der Waals surface area contributed by atoms with Gasteiger partial charge in [0.05, 0.1) is 17.5 Å². The van der Waals surface area contributed by atoms with E-state index in [0.717, 1.165) is 11.8 Å². The van der Waals surface area contributed by atoms with Gasteiger partial charge in [-0.05, 0) is 54.8 Å². The van der Waals surface area contributed by atoms with Gasteiger partial charge in [-0.2, -0.15) is 0 Å². The van der Waals surface area contributed by atoms with Crippen molar-refractivity contribution in [1.29, 1.82) is 0 Å². The SMILES string of the molecule is O=C(c1ccc(NOc2cccc3cc(F)cnc23)cc1)N1CCC(O)(Cc2ccccc2)CC1. The van der Waals surface area contributed by atoms with Crippen molar-refractivity contribution in [2.45, 2.75) is 24.9 Å². The predicted octanol–water partition coefficient (Wildman–Crippen LogP) is 4.99. The average Bonchev–Trinajstić information content (AvgIpc) is 2.88. The highest BCUT2D eigenvalue weighted by atomic mass is 19.1. The molecule has 1 aliphatic rings. The summed E-state index contributed by atoms with van der Waals surface area (Å²) in [7, 11) is 0. The molecule has 178 valence electrons. The van der Waals surface area contributed by atoms with Crippen molar-refractivity contribution in [3.8, 4) is 5.75 Å². The lowest BCUT2D eigenvalue weighted by atomic mass is 9.85. The molecule has 0 saturated carbocycles. The molecular formula is C28H26FN3O3. The summed E-state index contributed by atoms with van der Waals surface area (Å²) in [6.45, 7) is 1.03. The Balaban J connectivity index is 1.18. The Morgan fingerprint density at radius 3 is 2.51 bits per heavy atom. The zero-order valence-corrected chi connectivity index (χ0v) is 19.2. The van der Waals surface area contributed by atoms with E-state index in [1.54, 1.807) is 47.4 Å². The highest BCUT2D eigenvalue weighted by molar-refractivity contribution is 5.94. The van der Waals surface area contributed by atoms with Crippen molar-refractivity contribution in [3.05, 3.63) is 102 Å². The molecule has 4 aromatic rings. The van der Waals surface area contributed by atoms with Crippen LogP contribution in [0.4, 0.5) is 10.1 Å². The van der Waals surface area contributed by atoms with Gasteiger partial charge in [-0.15, -0.1) is 0 Å². The van der Waals surface area contributed by atoms with E-state index in [2.05, 4.69) is 10.5 Å². The molecule has 1 aromatic heterocycles. The number of hydrogen-bond acceptors (Lipinski definition) is 5. The quantitative estimate of drug-likeness (QED) is 0.388. The Hall–Kier alpha value is -3.97. The van der Waals surface area contributed by atoms with Gasteiger partial charge in [-0.1, -0.05) is 42.5 Å². The van der Waals surface area contributed by atoms with Crippen LogP contribution in [0.25, 0.3) is 10.9 Å². The van der Waals surface area contributed by atoms with Gasteiger partial charge >= 0.3 is 0 Å². The molecule has 2 N–H and O–H groups in total. The maximum Gasteiger partial charge on any atom is 0.253 e. The van der Waals surface area contributed by atoms with Crippen LogP contribution in [0.1, 0.15) is 28.8 Å². The van der Waals surface area contributed by atoms with Crippen LogP contribution in [0.2, 0.25) is 0 Å². The lowest BCUT2D eigenvalue weighted by Crippen LogP contribution is -2.47. The molecule has 6 nitrogen and oxygen atoms in total. The molecule has 0 aliphatic carbocycles. The topological polar surface area (TPSA) is 74.7 Å².